The van der Waals surface area contributed by atoms with Crippen LogP contribution in [-0.4, -0.2) is 4.57 Å². The molecule has 0 spiro atoms. The molecule has 0 saturated heterocycles. The highest BCUT2D eigenvalue weighted by Crippen LogP contribution is 1.93. The molecule has 0 aliphatic carbocycles. The van der Waals surface area contributed by atoms with Crippen LogP contribution in [0.4, 0.5) is 0 Å². The molecule has 1 aromatic rings. The highest BCUT2D eigenvalue weighted by molar-refractivity contribution is 5.07. The van der Waals surface area contributed by atoms with Crippen LogP contribution in [0.3, 0.4) is 0 Å². The van der Waals surface area contributed by atoms with Crippen molar-refractivity contribution < 1.29 is 0 Å². The molecule has 0 N–H and O–H groups in total. The van der Waals surface area contributed by atoms with E-state index in [-0.39, 0.29) is 5.56 Å². The van der Waals surface area contributed by atoms with Gasteiger partial charge in [-0.25, -0.2) is 0 Å². The normalized spacial score (nSPS) is 9.75. The summed E-state index contributed by atoms with van der Waals surface area (Å²) in [7, 11) is 0. The van der Waals surface area contributed by atoms with Gasteiger partial charge in [-0.15, -0.1) is 6.58 Å². The van der Waals surface area contributed by atoms with Crippen LogP contribution < -0.4 is 5.56 Å². The molecule has 0 unspecified atom stereocenters. The lowest BCUT2D eigenvalue weighted by Crippen LogP contribution is -2.18. The van der Waals surface area contributed by atoms with Gasteiger partial charge in [0.2, 0.25) is 0 Å². The Bertz CT molecular complexity index is 325. The number of rotatable bonds is 3. The van der Waals surface area contributed by atoms with E-state index in [2.05, 4.69) is 6.58 Å². The van der Waals surface area contributed by atoms with Crippen molar-refractivity contribution in [1.82, 2.24) is 4.57 Å². The minimum atomic E-state index is 0.0578. The molecular formula is C10H13NO. The monoisotopic (exact) mass is 163 g/mol. The first kappa shape index (κ1) is 8.78. The first-order valence-corrected chi connectivity index (χ1v) is 4.02. The molecule has 0 radical (unpaired) electrons. The summed E-state index contributed by atoms with van der Waals surface area (Å²) >= 11 is 0. The molecule has 12 heavy (non-hydrogen) atoms. The van der Waals surface area contributed by atoms with E-state index in [1.54, 1.807) is 10.6 Å². The Labute approximate surface area is 72.2 Å². The lowest BCUT2D eigenvalue weighted by Gasteiger charge is -2.03. The Balaban J connectivity index is 2.89. The van der Waals surface area contributed by atoms with Gasteiger partial charge in [-0.2, -0.15) is 0 Å². The Morgan fingerprint density at radius 3 is 3.00 bits per heavy atom. The summed E-state index contributed by atoms with van der Waals surface area (Å²) in [4.78, 5) is 11.2. The topological polar surface area (TPSA) is 22.0 Å². The number of hydrogen-bond donors (Lipinski definition) is 0. The van der Waals surface area contributed by atoms with E-state index in [9.17, 15) is 4.79 Å². The minimum absolute atomic E-state index is 0.0578. The average Bonchev–Trinajstić information content (AvgIpc) is 2.07. The fourth-order valence-corrected chi connectivity index (χ4v) is 1.06. The van der Waals surface area contributed by atoms with Crippen LogP contribution in [0, 0.1) is 6.92 Å². The number of hydrogen-bond acceptors (Lipinski definition) is 1. The molecule has 64 valence electrons. The van der Waals surface area contributed by atoms with Crippen LogP contribution in [0.1, 0.15) is 12.0 Å². The summed E-state index contributed by atoms with van der Waals surface area (Å²) in [5.74, 6) is 0. The Morgan fingerprint density at radius 1 is 1.58 bits per heavy atom. The quantitative estimate of drug-likeness (QED) is 0.622. The summed E-state index contributed by atoms with van der Waals surface area (Å²) in [5.41, 5.74) is 1.17. The van der Waals surface area contributed by atoms with Gasteiger partial charge >= 0.3 is 0 Å². The zero-order chi connectivity index (χ0) is 8.97. The summed E-state index contributed by atoms with van der Waals surface area (Å²) in [5, 5.41) is 0. The number of aryl methyl sites for hydroxylation is 2. The lowest BCUT2D eigenvalue weighted by molar-refractivity contribution is 0.678. The van der Waals surface area contributed by atoms with Crippen LogP contribution in [0.25, 0.3) is 0 Å². The predicted molar refractivity (Wildman–Crippen MR) is 50.3 cm³/mol. The SMILES string of the molecule is C=CCCn1cc(C)ccc1=O. The molecule has 1 rings (SSSR count). The Morgan fingerprint density at radius 2 is 2.33 bits per heavy atom. The van der Waals surface area contributed by atoms with Gasteiger partial charge < -0.3 is 4.57 Å². The van der Waals surface area contributed by atoms with Gasteiger partial charge in [-0.3, -0.25) is 4.79 Å². The van der Waals surface area contributed by atoms with Gasteiger partial charge in [-0.05, 0) is 18.9 Å². The molecule has 0 bridgehead atoms. The van der Waals surface area contributed by atoms with Gasteiger partial charge in [0, 0.05) is 18.8 Å². The van der Waals surface area contributed by atoms with Gasteiger partial charge in [0.15, 0.2) is 0 Å². The van der Waals surface area contributed by atoms with Crippen molar-refractivity contribution in [2.75, 3.05) is 0 Å². The fraction of sp³-hybridized carbons (Fsp3) is 0.300. The molecule has 2 nitrogen and oxygen atoms in total. The van der Waals surface area contributed by atoms with E-state index < -0.39 is 0 Å². The third kappa shape index (κ3) is 2.09. The lowest BCUT2D eigenvalue weighted by atomic mass is 10.3. The predicted octanol–water partition coefficient (Wildman–Crippen LogP) is 1.73. The van der Waals surface area contributed by atoms with Crippen molar-refractivity contribution in [3.05, 3.63) is 46.9 Å². The van der Waals surface area contributed by atoms with Crippen LogP contribution in [0.15, 0.2) is 35.8 Å². The van der Waals surface area contributed by atoms with E-state index in [1.807, 2.05) is 25.3 Å². The number of aromatic nitrogens is 1. The smallest absolute Gasteiger partial charge is 0.250 e. The molecule has 0 aromatic carbocycles. The van der Waals surface area contributed by atoms with Crippen LogP contribution in [-0.2, 0) is 6.54 Å². The summed E-state index contributed by atoms with van der Waals surface area (Å²) in [6.45, 7) is 6.31. The van der Waals surface area contributed by atoms with Crippen molar-refractivity contribution in [2.45, 2.75) is 19.9 Å². The van der Waals surface area contributed by atoms with Crippen molar-refractivity contribution >= 4 is 0 Å². The van der Waals surface area contributed by atoms with E-state index >= 15 is 0 Å². The molecule has 0 fully saturated rings. The van der Waals surface area contributed by atoms with E-state index in [1.165, 1.54) is 0 Å². The van der Waals surface area contributed by atoms with E-state index in [0.29, 0.717) is 0 Å². The maximum absolute atomic E-state index is 11.2. The summed E-state index contributed by atoms with van der Waals surface area (Å²) < 4.78 is 1.71. The van der Waals surface area contributed by atoms with Gasteiger partial charge in [0.25, 0.3) is 5.56 Å². The Hall–Kier alpha value is -1.31. The maximum atomic E-state index is 11.2. The second-order valence-corrected chi connectivity index (χ2v) is 2.82. The average molecular weight is 163 g/mol. The van der Waals surface area contributed by atoms with Crippen LogP contribution in [0.5, 0.6) is 0 Å². The molecule has 0 atom stereocenters. The standard InChI is InChI=1S/C10H13NO/c1-3-4-7-11-8-9(2)5-6-10(11)12/h3,5-6,8H,1,4,7H2,2H3. The fourth-order valence-electron chi connectivity index (χ4n) is 1.06. The zero-order valence-corrected chi connectivity index (χ0v) is 7.29. The number of allylic oxidation sites excluding steroid dienone is 1. The van der Waals surface area contributed by atoms with Gasteiger partial charge in [0.05, 0.1) is 0 Å². The molecule has 0 saturated carbocycles. The van der Waals surface area contributed by atoms with Crippen molar-refractivity contribution in [3.8, 4) is 0 Å². The van der Waals surface area contributed by atoms with Gasteiger partial charge in [-0.1, -0.05) is 12.1 Å². The summed E-state index contributed by atoms with van der Waals surface area (Å²) in [6.07, 6.45) is 4.52. The number of pyridine rings is 1. The molecule has 0 aliphatic heterocycles. The summed E-state index contributed by atoms with van der Waals surface area (Å²) in [6, 6.07) is 3.42. The molecule has 0 aliphatic rings. The van der Waals surface area contributed by atoms with Crippen LogP contribution >= 0.6 is 0 Å². The Kier molecular flexibility index (Phi) is 2.86. The van der Waals surface area contributed by atoms with Crippen molar-refractivity contribution in [1.29, 1.82) is 0 Å². The van der Waals surface area contributed by atoms with Crippen molar-refractivity contribution in [3.63, 3.8) is 0 Å². The van der Waals surface area contributed by atoms with E-state index in [4.69, 9.17) is 0 Å². The maximum Gasteiger partial charge on any atom is 0.250 e. The molecule has 2 heteroatoms. The molecule has 0 amide bonds. The molecule has 1 aromatic heterocycles. The van der Waals surface area contributed by atoms with E-state index in [0.717, 1.165) is 18.5 Å². The van der Waals surface area contributed by atoms with Gasteiger partial charge in [0.1, 0.15) is 0 Å². The highest BCUT2D eigenvalue weighted by Gasteiger charge is 1.93. The third-order valence-electron chi connectivity index (χ3n) is 1.71. The number of nitrogens with zero attached hydrogens (tertiary/aromatic N) is 1. The largest absolute Gasteiger partial charge is 0.315 e. The molecule has 1 heterocycles. The highest BCUT2D eigenvalue weighted by atomic mass is 16.1. The second-order valence-electron chi connectivity index (χ2n) is 2.82. The third-order valence-corrected chi connectivity index (χ3v) is 1.71. The van der Waals surface area contributed by atoms with Crippen molar-refractivity contribution in [2.24, 2.45) is 0 Å². The minimum Gasteiger partial charge on any atom is -0.315 e. The second kappa shape index (κ2) is 3.90. The first-order chi connectivity index (χ1) is 5.74. The van der Waals surface area contributed by atoms with Crippen LogP contribution in [0.2, 0.25) is 0 Å². The molecular weight excluding hydrogens is 150 g/mol. The first-order valence-electron chi connectivity index (χ1n) is 4.02. The zero-order valence-electron chi connectivity index (χ0n) is 7.29.